The maximum atomic E-state index is 10.5. The first-order valence-corrected chi connectivity index (χ1v) is 6.42. The van der Waals surface area contributed by atoms with Gasteiger partial charge >= 0.3 is 0 Å². The summed E-state index contributed by atoms with van der Waals surface area (Å²) in [5.74, 6) is 0.767. The third kappa shape index (κ3) is 2.94. The van der Waals surface area contributed by atoms with Crippen molar-refractivity contribution >= 4 is 0 Å². The van der Waals surface area contributed by atoms with Gasteiger partial charge in [0, 0.05) is 0 Å². The molecular weight excluding hydrogens is 186 g/mol. The Balaban J connectivity index is 1.86. The highest BCUT2D eigenvalue weighted by molar-refractivity contribution is 4.91. The van der Waals surface area contributed by atoms with Gasteiger partial charge in [-0.2, -0.15) is 0 Å². The minimum Gasteiger partial charge on any atom is -0.390 e. The van der Waals surface area contributed by atoms with Crippen molar-refractivity contribution in [2.24, 2.45) is 11.3 Å². The SMILES string of the molecule is CC1(C)CCC(CC2(O)CCNCC2)C1. The smallest absolute Gasteiger partial charge is 0.0674 e. The number of hydrogen-bond acceptors (Lipinski definition) is 2. The predicted molar refractivity (Wildman–Crippen MR) is 62.8 cm³/mol. The lowest BCUT2D eigenvalue weighted by molar-refractivity contribution is -0.0120. The molecule has 0 spiro atoms. The van der Waals surface area contributed by atoms with Crippen molar-refractivity contribution in [3.05, 3.63) is 0 Å². The normalized spacial score (nSPS) is 34.2. The van der Waals surface area contributed by atoms with E-state index >= 15 is 0 Å². The summed E-state index contributed by atoms with van der Waals surface area (Å²) >= 11 is 0. The second kappa shape index (κ2) is 4.06. The Kier molecular flexibility index (Phi) is 3.09. The van der Waals surface area contributed by atoms with Gasteiger partial charge in [-0.25, -0.2) is 0 Å². The molecule has 0 aromatic heterocycles. The Bertz CT molecular complexity index is 219. The van der Waals surface area contributed by atoms with Gasteiger partial charge in [0.15, 0.2) is 0 Å². The highest BCUT2D eigenvalue weighted by Gasteiger charge is 2.37. The summed E-state index contributed by atoms with van der Waals surface area (Å²) in [6, 6.07) is 0. The van der Waals surface area contributed by atoms with Crippen molar-refractivity contribution in [2.75, 3.05) is 13.1 Å². The zero-order chi connectivity index (χ0) is 10.9. The van der Waals surface area contributed by atoms with Crippen LogP contribution in [0.1, 0.15) is 52.4 Å². The molecule has 2 aliphatic rings. The van der Waals surface area contributed by atoms with Crippen molar-refractivity contribution < 1.29 is 5.11 Å². The van der Waals surface area contributed by atoms with E-state index in [9.17, 15) is 5.11 Å². The molecule has 0 aromatic rings. The van der Waals surface area contributed by atoms with Crippen LogP contribution in [0.2, 0.25) is 0 Å². The fourth-order valence-corrected chi connectivity index (χ4v) is 3.39. The standard InChI is InChI=1S/C13H25NO/c1-12(2)4-3-11(9-12)10-13(15)5-7-14-8-6-13/h11,14-15H,3-10H2,1-2H3. The van der Waals surface area contributed by atoms with E-state index in [4.69, 9.17) is 0 Å². The summed E-state index contributed by atoms with van der Waals surface area (Å²) < 4.78 is 0. The zero-order valence-corrected chi connectivity index (χ0v) is 10.2. The Morgan fingerprint density at radius 3 is 2.40 bits per heavy atom. The maximum absolute atomic E-state index is 10.5. The molecule has 2 heteroatoms. The Labute approximate surface area is 93.5 Å². The van der Waals surface area contributed by atoms with Gasteiger partial charge in [0.1, 0.15) is 0 Å². The average Bonchev–Trinajstić information content (AvgIpc) is 2.45. The molecule has 1 aliphatic carbocycles. The largest absolute Gasteiger partial charge is 0.390 e. The summed E-state index contributed by atoms with van der Waals surface area (Å²) in [5.41, 5.74) is 0.171. The van der Waals surface area contributed by atoms with Crippen molar-refractivity contribution in [1.29, 1.82) is 0 Å². The third-order valence-electron chi connectivity index (χ3n) is 4.27. The van der Waals surface area contributed by atoms with E-state index in [-0.39, 0.29) is 5.60 Å². The predicted octanol–water partition coefficient (Wildman–Crippen LogP) is 2.32. The summed E-state index contributed by atoms with van der Waals surface area (Å²) in [6.45, 7) is 6.71. The van der Waals surface area contributed by atoms with Crippen LogP contribution in [0.3, 0.4) is 0 Å². The van der Waals surface area contributed by atoms with E-state index < -0.39 is 0 Å². The molecule has 1 aliphatic heterocycles. The Morgan fingerprint density at radius 2 is 1.87 bits per heavy atom. The van der Waals surface area contributed by atoms with Crippen molar-refractivity contribution in [1.82, 2.24) is 5.32 Å². The van der Waals surface area contributed by atoms with Gasteiger partial charge in [-0.15, -0.1) is 0 Å². The molecule has 0 amide bonds. The Hall–Kier alpha value is -0.0800. The van der Waals surface area contributed by atoms with Crippen LogP contribution in [-0.4, -0.2) is 23.8 Å². The summed E-state index contributed by atoms with van der Waals surface area (Å²) in [5, 5.41) is 13.8. The lowest BCUT2D eigenvalue weighted by atomic mass is 9.81. The highest BCUT2D eigenvalue weighted by Crippen LogP contribution is 2.44. The fourth-order valence-electron chi connectivity index (χ4n) is 3.39. The molecule has 0 radical (unpaired) electrons. The lowest BCUT2D eigenvalue weighted by Gasteiger charge is -2.35. The van der Waals surface area contributed by atoms with E-state index in [1.807, 2.05) is 0 Å². The number of aliphatic hydroxyl groups is 1. The molecule has 1 saturated heterocycles. The molecule has 1 unspecified atom stereocenters. The molecule has 2 fully saturated rings. The van der Waals surface area contributed by atoms with Gasteiger partial charge in [-0.3, -0.25) is 0 Å². The molecule has 2 N–H and O–H groups in total. The third-order valence-corrected chi connectivity index (χ3v) is 4.27. The molecule has 1 atom stereocenters. The maximum Gasteiger partial charge on any atom is 0.0674 e. The van der Waals surface area contributed by atoms with Crippen LogP contribution in [0.15, 0.2) is 0 Å². The minimum absolute atomic E-state index is 0.351. The second-order valence-corrected chi connectivity index (χ2v) is 6.45. The number of piperidine rings is 1. The van der Waals surface area contributed by atoms with E-state index in [1.165, 1.54) is 19.3 Å². The van der Waals surface area contributed by atoms with Gasteiger partial charge < -0.3 is 10.4 Å². The first kappa shape index (κ1) is 11.4. The molecule has 88 valence electrons. The van der Waals surface area contributed by atoms with E-state index in [0.29, 0.717) is 5.41 Å². The van der Waals surface area contributed by atoms with Gasteiger partial charge in [0.2, 0.25) is 0 Å². The molecule has 0 bridgehead atoms. The van der Waals surface area contributed by atoms with Crippen molar-refractivity contribution in [3.8, 4) is 0 Å². The molecule has 2 rings (SSSR count). The summed E-state index contributed by atoms with van der Waals surface area (Å²) in [6.07, 6.45) is 6.91. The number of rotatable bonds is 2. The number of hydrogen-bond donors (Lipinski definition) is 2. The molecule has 0 aromatic carbocycles. The van der Waals surface area contributed by atoms with Crippen LogP contribution in [0.25, 0.3) is 0 Å². The topological polar surface area (TPSA) is 32.3 Å². The van der Waals surface area contributed by atoms with Crippen LogP contribution in [0, 0.1) is 11.3 Å². The minimum atomic E-state index is -0.351. The lowest BCUT2D eigenvalue weighted by Crippen LogP contribution is -2.42. The van der Waals surface area contributed by atoms with Crippen molar-refractivity contribution in [3.63, 3.8) is 0 Å². The van der Waals surface area contributed by atoms with Crippen LogP contribution in [0.4, 0.5) is 0 Å². The first-order chi connectivity index (χ1) is 6.99. The van der Waals surface area contributed by atoms with Crippen LogP contribution < -0.4 is 5.32 Å². The summed E-state index contributed by atoms with van der Waals surface area (Å²) in [7, 11) is 0. The average molecular weight is 211 g/mol. The molecule has 1 saturated carbocycles. The van der Waals surface area contributed by atoms with Gasteiger partial charge in [0.25, 0.3) is 0 Å². The van der Waals surface area contributed by atoms with Gasteiger partial charge in [0.05, 0.1) is 5.60 Å². The zero-order valence-electron chi connectivity index (χ0n) is 10.2. The highest BCUT2D eigenvalue weighted by atomic mass is 16.3. The molecule has 15 heavy (non-hydrogen) atoms. The summed E-state index contributed by atoms with van der Waals surface area (Å²) in [4.78, 5) is 0. The van der Waals surface area contributed by atoms with Crippen LogP contribution in [-0.2, 0) is 0 Å². The molecular formula is C13H25NO. The number of nitrogens with one attached hydrogen (secondary N) is 1. The van der Waals surface area contributed by atoms with Gasteiger partial charge in [-0.1, -0.05) is 13.8 Å². The van der Waals surface area contributed by atoms with E-state index in [1.54, 1.807) is 0 Å². The monoisotopic (exact) mass is 211 g/mol. The quantitative estimate of drug-likeness (QED) is 0.734. The fraction of sp³-hybridized carbons (Fsp3) is 1.00. The van der Waals surface area contributed by atoms with Crippen LogP contribution >= 0.6 is 0 Å². The molecule has 2 nitrogen and oxygen atoms in total. The van der Waals surface area contributed by atoms with Crippen LogP contribution in [0.5, 0.6) is 0 Å². The Morgan fingerprint density at radius 1 is 1.20 bits per heavy atom. The van der Waals surface area contributed by atoms with Crippen molar-refractivity contribution in [2.45, 2.75) is 58.0 Å². The van der Waals surface area contributed by atoms with Gasteiger partial charge in [-0.05, 0) is 62.9 Å². The van der Waals surface area contributed by atoms with E-state index in [0.717, 1.165) is 38.3 Å². The van der Waals surface area contributed by atoms with E-state index in [2.05, 4.69) is 19.2 Å². The molecule has 1 heterocycles. The second-order valence-electron chi connectivity index (χ2n) is 6.45. The first-order valence-electron chi connectivity index (χ1n) is 6.42.